The number of pyridine rings is 2. The summed E-state index contributed by atoms with van der Waals surface area (Å²) in [7, 11) is 0. The highest BCUT2D eigenvalue weighted by Gasteiger charge is 2.24. The number of carbonyl (C=O) groups excluding carboxylic acids is 2. The van der Waals surface area contributed by atoms with E-state index < -0.39 is 11.7 Å². The van der Waals surface area contributed by atoms with Crippen molar-refractivity contribution in [2.75, 3.05) is 10.6 Å². The Labute approximate surface area is 226 Å². The second kappa shape index (κ2) is 10.8. The summed E-state index contributed by atoms with van der Waals surface area (Å²) in [5.74, 6) is -0.306. The van der Waals surface area contributed by atoms with E-state index in [0.717, 1.165) is 11.3 Å². The lowest BCUT2D eigenvalue weighted by Gasteiger charge is -2.06. The molecule has 10 nitrogen and oxygen atoms in total. The Hall–Kier alpha value is -3.61. The summed E-state index contributed by atoms with van der Waals surface area (Å²) in [6.45, 7) is 0.436. The highest BCUT2D eigenvalue weighted by molar-refractivity contribution is 8.59. The monoisotopic (exact) mass is 552 g/mol. The molecule has 1 saturated carbocycles. The topological polar surface area (TPSA) is 119 Å². The van der Waals surface area contributed by atoms with Crippen molar-refractivity contribution in [1.82, 2.24) is 28.7 Å². The van der Waals surface area contributed by atoms with Crippen LogP contribution in [0.15, 0.2) is 61.6 Å². The fraction of sp³-hybridized carbons (Fsp3) is 0.167. The van der Waals surface area contributed by atoms with E-state index in [-0.39, 0.29) is 11.5 Å². The molecule has 1 fully saturated rings. The summed E-state index contributed by atoms with van der Waals surface area (Å²) in [5.41, 5.74) is 3.52. The molecule has 0 aromatic carbocycles. The number of nitrogens with zero attached hydrogens (tertiary/aromatic N) is 6. The van der Waals surface area contributed by atoms with Crippen LogP contribution in [0.3, 0.4) is 0 Å². The van der Waals surface area contributed by atoms with E-state index in [2.05, 4.69) is 66.2 Å². The summed E-state index contributed by atoms with van der Waals surface area (Å²) >= 11 is 12.5. The van der Waals surface area contributed by atoms with E-state index in [9.17, 15) is 9.59 Å². The molecule has 1 amide bonds. The summed E-state index contributed by atoms with van der Waals surface area (Å²) < 4.78 is 3.65. The summed E-state index contributed by atoms with van der Waals surface area (Å²) in [6.07, 6.45) is 11.0. The number of fused-ring (bicyclic) bond motifs is 2. The van der Waals surface area contributed by atoms with Crippen molar-refractivity contribution in [3.05, 3.63) is 83.6 Å². The fourth-order valence-corrected chi connectivity index (χ4v) is 4.09. The molecule has 0 saturated heterocycles. The van der Waals surface area contributed by atoms with Gasteiger partial charge in [0.05, 0.1) is 17.8 Å². The molecule has 1 aliphatic carbocycles. The van der Waals surface area contributed by atoms with Crippen LogP contribution >= 0.6 is 34.9 Å². The molecular weight excluding hydrogens is 532 g/mol. The zero-order chi connectivity index (χ0) is 25.9. The number of aromatic nitrogens is 6. The lowest BCUT2D eigenvalue weighted by Crippen LogP contribution is -2.24. The number of hydrogen-bond donors (Lipinski definition) is 4. The van der Waals surface area contributed by atoms with Crippen molar-refractivity contribution in [2.24, 2.45) is 0 Å². The molecule has 188 valence electrons. The van der Waals surface area contributed by atoms with Gasteiger partial charge >= 0.3 is 0 Å². The van der Waals surface area contributed by atoms with E-state index in [0.29, 0.717) is 28.8 Å². The molecule has 1 aliphatic rings. The largest absolute Gasteiger partial charge is 0.364 e. The number of hydrogen-bond acceptors (Lipinski definition) is 9. The van der Waals surface area contributed by atoms with Gasteiger partial charge in [0.15, 0.2) is 0 Å². The maximum atomic E-state index is 12.7. The first-order valence-corrected chi connectivity index (χ1v) is 13.2. The molecule has 0 unspecified atom stereocenters. The minimum atomic E-state index is -0.859. The zero-order valence-corrected chi connectivity index (χ0v) is 21.8. The average Bonchev–Trinajstić information content (AvgIpc) is 3.56. The molecule has 0 radical (unpaired) electrons. The first-order chi connectivity index (χ1) is 18.0. The predicted octanol–water partition coefficient (Wildman–Crippen LogP) is 4.50. The average molecular weight is 553 g/mol. The smallest absolute Gasteiger partial charge is 0.299 e. The van der Waals surface area contributed by atoms with Crippen LogP contribution in [0.4, 0.5) is 11.6 Å². The minimum absolute atomic E-state index is 0.00842. The van der Waals surface area contributed by atoms with Crippen LogP contribution in [-0.2, 0) is 11.3 Å². The zero-order valence-electron chi connectivity index (χ0n) is 19.2. The SMILES string of the molecule is O=C(Nc1cc(NCc2cn3cc(C4CC4)ccc3n2)ncn1)C(=O)c1ncn2ccc(Cl)cc12.SS. The van der Waals surface area contributed by atoms with Gasteiger partial charge in [0, 0.05) is 29.7 Å². The van der Waals surface area contributed by atoms with Crippen molar-refractivity contribution in [3.8, 4) is 0 Å². The number of amides is 1. The lowest BCUT2D eigenvalue weighted by molar-refractivity contribution is -0.112. The summed E-state index contributed by atoms with van der Waals surface area (Å²) in [5, 5.41) is 6.13. The Kier molecular flexibility index (Phi) is 7.31. The van der Waals surface area contributed by atoms with E-state index >= 15 is 0 Å². The molecule has 0 atom stereocenters. The Morgan fingerprint density at radius 2 is 1.84 bits per heavy atom. The first kappa shape index (κ1) is 25.1. The van der Waals surface area contributed by atoms with Gasteiger partial charge in [0.1, 0.15) is 35.6 Å². The van der Waals surface area contributed by atoms with Gasteiger partial charge in [0.25, 0.3) is 11.7 Å². The molecule has 0 aliphatic heterocycles. The second-order valence-corrected chi connectivity index (χ2v) is 8.83. The molecule has 5 aromatic heterocycles. The van der Waals surface area contributed by atoms with Crippen LogP contribution in [0, 0.1) is 0 Å². The molecule has 0 spiro atoms. The van der Waals surface area contributed by atoms with E-state index in [1.54, 1.807) is 28.8 Å². The second-order valence-electron chi connectivity index (χ2n) is 8.39. The maximum Gasteiger partial charge on any atom is 0.299 e. The molecule has 6 rings (SSSR count). The normalized spacial score (nSPS) is 12.7. The highest BCUT2D eigenvalue weighted by atomic mass is 35.5. The summed E-state index contributed by atoms with van der Waals surface area (Å²) in [4.78, 5) is 42.2. The number of thiol groups is 2. The molecule has 0 bridgehead atoms. The Morgan fingerprint density at radius 1 is 1.03 bits per heavy atom. The number of carbonyl (C=O) groups is 2. The lowest BCUT2D eigenvalue weighted by atomic mass is 10.2. The number of nitrogens with one attached hydrogen (secondary N) is 2. The number of imidazole rings is 2. The molecule has 2 N–H and O–H groups in total. The molecular formula is C24H21ClN8O2S2. The van der Waals surface area contributed by atoms with Gasteiger partial charge < -0.3 is 19.4 Å². The number of rotatable bonds is 7. The Balaban J connectivity index is 0.00000137. The maximum absolute atomic E-state index is 12.7. The quantitative estimate of drug-likeness (QED) is 0.102. The van der Waals surface area contributed by atoms with Gasteiger partial charge in [0.2, 0.25) is 0 Å². The number of Topliss-reactive ketones (excluding diaryl/α,β-unsaturated/α-hetero) is 1. The molecule has 37 heavy (non-hydrogen) atoms. The van der Waals surface area contributed by atoms with Crippen LogP contribution < -0.4 is 10.6 Å². The van der Waals surface area contributed by atoms with Gasteiger partial charge in [-0.15, -0.1) is 23.3 Å². The number of ketones is 1. The third-order valence-electron chi connectivity index (χ3n) is 5.85. The van der Waals surface area contributed by atoms with Gasteiger partial charge in [-0.25, -0.2) is 19.9 Å². The number of anilines is 2. The molecule has 5 heterocycles. The number of halogens is 1. The summed E-state index contributed by atoms with van der Waals surface area (Å²) in [6, 6.07) is 8.96. The Bertz CT molecular complexity index is 1620. The van der Waals surface area contributed by atoms with Gasteiger partial charge in [-0.05, 0) is 42.5 Å². The third kappa shape index (κ3) is 5.55. The first-order valence-electron chi connectivity index (χ1n) is 11.2. The fourth-order valence-electron chi connectivity index (χ4n) is 3.93. The van der Waals surface area contributed by atoms with Crippen LogP contribution in [0.1, 0.15) is 40.5 Å². The Morgan fingerprint density at radius 3 is 2.65 bits per heavy atom. The van der Waals surface area contributed by atoms with E-state index in [4.69, 9.17) is 11.6 Å². The minimum Gasteiger partial charge on any atom is -0.364 e. The van der Waals surface area contributed by atoms with E-state index in [1.165, 1.54) is 31.1 Å². The van der Waals surface area contributed by atoms with Gasteiger partial charge in [-0.1, -0.05) is 17.7 Å². The van der Waals surface area contributed by atoms with Crippen molar-refractivity contribution in [2.45, 2.75) is 25.3 Å². The van der Waals surface area contributed by atoms with Gasteiger partial charge in [-0.3, -0.25) is 9.59 Å². The van der Waals surface area contributed by atoms with Crippen LogP contribution in [0.25, 0.3) is 11.2 Å². The van der Waals surface area contributed by atoms with Crippen molar-refractivity contribution < 1.29 is 9.59 Å². The van der Waals surface area contributed by atoms with Gasteiger partial charge in [-0.2, -0.15) is 0 Å². The van der Waals surface area contributed by atoms with Crippen LogP contribution in [-0.4, -0.2) is 40.4 Å². The molecule has 13 heteroatoms. The van der Waals surface area contributed by atoms with Crippen LogP contribution in [0.5, 0.6) is 0 Å². The highest BCUT2D eigenvalue weighted by Crippen LogP contribution is 2.39. The van der Waals surface area contributed by atoms with E-state index in [1.807, 2.05) is 16.7 Å². The molecule has 5 aromatic rings. The predicted molar refractivity (Wildman–Crippen MR) is 148 cm³/mol. The van der Waals surface area contributed by atoms with Crippen molar-refractivity contribution >= 4 is 69.4 Å². The van der Waals surface area contributed by atoms with Crippen LogP contribution in [0.2, 0.25) is 5.02 Å². The standard InChI is InChI=1S/C24H19ClN8O2.H2S2/c25-16-5-6-32-13-29-22(18(32)7-16)23(34)24(35)31-20-8-19(27-12-28-20)26-9-17-11-33-10-15(14-1-2-14)3-4-21(33)30-17;1-2/h3-8,10-14H,1-2,9H2,(H2,26,27,28,31,35);1-2H. The third-order valence-corrected chi connectivity index (χ3v) is 6.09. The van der Waals surface area contributed by atoms with Crippen molar-refractivity contribution in [1.29, 1.82) is 0 Å². The van der Waals surface area contributed by atoms with Crippen molar-refractivity contribution in [3.63, 3.8) is 0 Å².